The van der Waals surface area contributed by atoms with Crippen molar-refractivity contribution in [3.63, 3.8) is 0 Å². The zero-order valence-electron chi connectivity index (χ0n) is 16.7. The second kappa shape index (κ2) is 7.79. The van der Waals surface area contributed by atoms with Gasteiger partial charge in [-0.15, -0.1) is 0 Å². The molecule has 3 aromatic rings. The molecular formula is C21H20ClN5O3. The van der Waals surface area contributed by atoms with Crippen molar-refractivity contribution in [2.45, 2.75) is 19.9 Å². The number of benzene rings is 1. The van der Waals surface area contributed by atoms with E-state index in [0.717, 1.165) is 5.69 Å². The number of halogens is 1. The third-order valence-corrected chi connectivity index (χ3v) is 5.27. The van der Waals surface area contributed by atoms with Gasteiger partial charge in [0.1, 0.15) is 11.4 Å². The molecule has 1 atom stereocenters. The van der Waals surface area contributed by atoms with Crippen LogP contribution in [0.3, 0.4) is 0 Å². The Bertz CT molecular complexity index is 1140. The molecule has 30 heavy (non-hydrogen) atoms. The molecule has 0 unspecified atom stereocenters. The molecule has 8 nitrogen and oxygen atoms in total. The number of aryl methyl sites for hydroxylation is 1. The Morgan fingerprint density at radius 3 is 2.83 bits per heavy atom. The van der Waals surface area contributed by atoms with E-state index in [-0.39, 0.29) is 23.2 Å². The zero-order valence-corrected chi connectivity index (χ0v) is 17.5. The van der Waals surface area contributed by atoms with Crippen LogP contribution in [0.5, 0.6) is 5.75 Å². The molecule has 2 amide bonds. The maximum Gasteiger partial charge on any atom is 0.277 e. The molecule has 0 spiro atoms. The second-order valence-corrected chi connectivity index (χ2v) is 7.48. The van der Waals surface area contributed by atoms with Crippen molar-refractivity contribution >= 4 is 34.8 Å². The summed E-state index contributed by atoms with van der Waals surface area (Å²) in [7, 11) is 1.52. The third kappa shape index (κ3) is 3.50. The highest BCUT2D eigenvalue weighted by Crippen LogP contribution is 2.33. The van der Waals surface area contributed by atoms with Crippen LogP contribution < -0.4 is 15.0 Å². The fourth-order valence-electron chi connectivity index (χ4n) is 3.49. The first-order chi connectivity index (χ1) is 14.4. The summed E-state index contributed by atoms with van der Waals surface area (Å²) in [6, 6.07) is 8.46. The fraction of sp³-hybridized carbons (Fsp3) is 0.238. The molecular weight excluding hydrogens is 406 g/mol. The van der Waals surface area contributed by atoms with Crippen LogP contribution in [0.1, 0.15) is 39.5 Å². The minimum Gasteiger partial charge on any atom is -0.495 e. The number of pyridine rings is 1. The lowest BCUT2D eigenvalue weighted by molar-refractivity contribution is 0.0939. The monoisotopic (exact) mass is 425 g/mol. The number of aromatic nitrogens is 3. The lowest BCUT2D eigenvalue weighted by atomic mass is 10.1. The molecule has 0 radical (unpaired) electrons. The predicted octanol–water partition coefficient (Wildman–Crippen LogP) is 3.72. The smallest absolute Gasteiger partial charge is 0.277 e. The van der Waals surface area contributed by atoms with Gasteiger partial charge in [0, 0.05) is 35.9 Å². The van der Waals surface area contributed by atoms with Crippen LogP contribution in [0.4, 0.5) is 11.4 Å². The highest BCUT2D eigenvalue weighted by molar-refractivity contribution is 6.32. The summed E-state index contributed by atoms with van der Waals surface area (Å²) in [5.74, 6) is -0.247. The Morgan fingerprint density at radius 1 is 1.30 bits per heavy atom. The van der Waals surface area contributed by atoms with Gasteiger partial charge >= 0.3 is 0 Å². The van der Waals surface area contributed by atoms with Crippen LogP contribution >= 0.6 is 11.6 Å². The molecule has 1 N–H and O–H groups in total. The largest absolute Gasteiger partial charge is 0.495 e. The summed E-state index contributed by atoms with van der Waals surface area (Å²) in [5.41, 5.74) is 2.47. The van der Waals surface area contributed by atoms with Crippen molar-refractivity contribution in [2.24, 2.45) is 0 Å². The first kappa shape index (κ1) is 19.9. The normalized spacial score (nSPS) is 15.7. The molecule has 154 valence electrons. The van der Waals surface area contributed by atoms with Gasteiger partial charge in [0.2, 0.25) is 0 Å². The summed E-state index contributed by atoms with van der Waals surface area (Å²) in [6.07, 6.45) is 3.04. The first-order valence-corrected chi connectivity index (χ1v) is 9.73. The van der Waals surface area contributed by atoms with Crippen molar-refractivity contribution < 1.29 is 14.3 Å². The van der Waals surface area contributed by atoms with Crippen LogP contribution in [0.25, 0.3) is 0 Å². The lowest BCUT2D eigenvalue weighted by Gasteiger charge is -2.32. The molecule has 0 saturated carbocycles. The molecule has 1 aromatic carbocycles. The lowest BCUT2D eigenvalue weighted by Crippen LogP contribution is -2.43. The van der Waals surface area contributed by atoms with Crippen molar-refractivity contribution in [1.82, 2.24) is 14.8 Å². The van der Waals surface area contributed by atoms with Gasteiger partial charge in [0.25, 0.3) is 11.8 Å². The number of carbonyl (C=O) groups excluding carboxylic acids is 2. The van der Waals surface area contributed by atoms with E-state index in [1.54, 1.807) is 46.1 Å². The van der Waals surface area contributed by atoms with Crippen LogP contribution in [0, 0.1) is 6.92 Å². The van der Waals surface area contributed by atoms with E-state index >= 15 is 0 Å². The summed E-state index contributed by atoms with van der Waals surface area (Å²) in [5, 5.41) is 7.56. The average Bonchev–Trinajstić information content (AvgIpc) is 3.17. The Labute approximate surface area is 178 Å². The van der Waals surface area contributed by atoms with Gasteiger partial charge in [0.05, 0.1) is 29.9 Å². The molecule has 2 aromatic heterocycles. The Kier molecular flexibility index (Phi) is 5.17. The van der Waals surface area contributed by atoms with E-state index in [9.17, 15) is 9.59 Å². The minimum atomic E-state index is -0.405. The number of nitrogens with one attached hydrogen (secondary N) is 1. The minimum absolute atomic E-state index is 0.121. The number of hydrogen-bond donors (Lipinski definition) is 1. The van der Waals surface area contributed by atoms with Gasteiger partial charge in [-0.1, -0.05) is 11.6 Å². The fourth-order valence-corrected chi connectivity index (χ4v) is 3.68. The van der Waals surface area contributed by atoms with Crippen molar-refractivity contribution in [3.8, 4) is 5.75 Å². The second-order valence-electron chi connectivity index (χ2n) is 7.08. The average molecular weight is 426 g/mol. The first-order valence-electron chi connectivity index (χ1n) is 9.36. The summed E-state index contributed by atoms with van der Waals surface area (Å²) < 4.78 is 6.87. The van der Waals surface area contributed by atoms with E-state index in [1.165, 1.54) is 13.3 Å². The molecule has 0 bridgehead atoms. The predicted molar refractivity (Wildman–Crippen MR) is 114 cm³/mol. The molecule has 0 fully saturated rings. The zero-order chi connectivity index (χ0) is 21.4. The topological polar surface area (TPSA) is 89.3 Å². The number of fused-ring (bicyclic) bond motifs is 1. The maximum atomic E-state index is 13.3. The van der Waals surface area contributed by atoms with Gasteiger partial charge in [0.15, 0.2) is 0 Å². The molecule has 9 heteroatoms. The standard InChI is InChI=1S/C21H20ClN5O3/c1-12-8-14(6-7-23-12)25-20(28)16-10-24-27-13(2)11-26(21(29)19(16)27)15-4-5-17(22)18(9-15)30-3/h4-10,13H,11H2,1-3H3,(H,23,25,28)/t13-/m0/s1. The molecule has 3 heterocycles. The van der Waals surface area contributed by atoms with E-state index < -0.39 is 5.91 Å². The molecule has 1 aliphatic rings. The number of hydrogen-bond acceptors (Lipinski definition) is 5. The number of rotatable bonds is 4. The van der Waals surface area contributed by atoms with E-state index in [2.05, 4.69) is 15.4 Å². The SMILES string of the molecule is COc1cc(N2C[C@H](C)n3ncc(C(=O)Nc4ccnc(C)c4)c3C2=O)ccc1Cl. The molecule has 4 rings (SSSR count). The van der Waals surface area contributed by atoms with Gasteiger partial charge in [-0.3, -0.25) is 19.3 Å². The summed E-state index contributed by atoms with van der Waals surface area (Å²) >= 11 is 6.12. The Morgan fingerprint density at radius 2 is 2.10 bits per heavy atom. The Balaban J connectivity index is 1.68. The van der Waals surface area contributed by atoms with Crippen LogP contribution in [0.15, 0.2) is 42.7 Å². The summed E-state index contributed by atoms with van der Waals surface area (Å²) in [4.78, 5) is 32.0. The number of amides is 2. The van der Waals surface area contributed by atoms with Gasteiger partial charge in [-0.2, -0.15) is 5.10 Å². The quantitative estimate of drug-likeness (QED) is 0.688. The molecule has 0 aliphatic carbocycles. The van der Waals surface area contributed by atoms with Crippen molar-refractivity contribution in [3.05, 3.63) is 64.7 Å². The third-order valence-electron chi connectivity index (χ3n) is 4.95. The Hall–Kier alpha value is -3.39. The highest BCUT2D eigenvalue weighted by atomic mass is 35.5. The van der Waals surface area contributed by atoms with Gasteiger partial charge in [-0.05, 0) is 38.1 Å². The van der Waals surface area contributed by atoms with E-state index in [0.29, 0.717) is 28.7 Å². The highest BCUT2D eigenvalue weighted by Gasteiger charge is 2.35. The van der Waals surface area contributed by atoms with Crippen molar-refractivity contribution in [2.75, 3.05) is 23.9 Å². The number of methoxy groups -OCH3 is 1. The number of ether oxygens (including phenoxy) is 1. The van der Waals surface area contributed by atoms with Crippen LogP contribution in [-0.4, -0.2) is 40.2 Å². The maximum absolute atomic E-state index is 13.3. The number of carbonyl (C=O) groups is 2. The van der Waals surface area contributed by atoms with E-state index in [4.69, 9.17) is 16.3 Å². The molecule has 0 saturated heterocycles. The van der Waals surface area contributed by atoms with Crippen molar-refractivity contribution in [1.29, 1.82) is 0 Å². The summed E-state index contributed by atoms with van der Waals surface area (Å²) in [6.45, 7) is 4.18. The van der Waals surface area contributed by atoms with Gasteiger partial charge < -0.3 is 15.0 Å². The van der Waals surface area contributed by atoms with E-state index in [1.807, 2.05) is 13.8 Å². The van der Waals surface area contributed by atoms with Crippen LogP contribution in [-0.2, 0) is 0 Å². The molecule has 1 aliphatic heterocycles. The van der Waals surface area contributed by atoms with Gasteiger partial charge in [-0.25, -0.2) is 0 Å². The number of nitrogens with zero attached hydrogens (tertiary/aromatic N) is 4. The van der Waals surface area contributed by atoms with Crippen LogP contribution in [0.2, 0.25) is 5.02 Å². The number of anilines is 2.